The first-order valence-corrected chi connectivity index (χ1v) is 4.72. The van der Waals surface area contributed by atoms with Gasteiger partial charge in [-0.25, -0.2) is 4.98 Å². The summed E-state index contributed by atoms with van der Waals surface area (Å²) in [4.78, 5) is 4.16. The molecule has 1 saturated heterocycles. The van der Waals surface area contributed by atoms with Gasteiger partial charge in [-0.3, -0.25) is 0 Å². The minimum Gasteiger partial charge on any atom is -0.366 e. The first-order valence-electron chi connectivity index (χ1n) is 4.72. The van der Waals surface area contributed by atoms with Crippen molar-refractivity contribution in [3.8, 4) is 6.07 Å². The largest absolute Gasteiger partial charge is 0.366 e. The Balaban J connectivity index is 2.05. The van der Waals surface area contributed by atoms with E-state index >= 15 is 0 Å². The summed E-state index contributed by atoms with van der Waals surface area (Å²) in [5, 5.41) is 15.3. The zero-order valence-corrected chi connectivity index (χ0v) is 7.83. The van der Waals surface area contributed by atoms with Gasteiger partial charge in [0.05, 0.1) is 11.6 Å². The topological polar surface area (TPSA) is 60.7 Å². The van der Waals surface area contributed by atoms with Gasteiger partial charge in [0.1, 0.15) is 5.82 Å². The van der Waals surface area contributed by atoms with Crippen molar-refractivity contribution in [3.63, 3.8) is 0 Å². The van der Waals surface area contributed by atoms with Crippen LogP contribution in [0.4, 0.5) is 5.82 Å². The molecule has 0 aromatic carbocycles. The van der Waals surface area contributed by atoms with Crippen LogP contribution in [0.15, 0.2) is 18.3 Å². The lowest BCUT2D eigenvalue weighted by Gasteiger charge is -2.11. The first kappa shape index (κ1) is 8.97. The van der Waals surface area contributed by atoms with Crippen molar-refractivity contribution >= 4 is 5.82 Å². The van der Waals surface area contributed by atoms with Gasteiger partial charge < -0.3 is 10.6 Å². The molecule has 1 aromatic heterocycles. The zero-order chi connectivity index (χ0) is 9.80. The summed E-state index contributed by atoms with van der Waals surface area (Å²) in [6.07, 6.45) is 2.77. The Hall–Kier alpha value is -1.60. The molecule has 0 unspecified atom stereocenters. The van der Waals surface area contributed by atoms with Gasteiger partial charge in [-0.05, 0) is 25.1 Å². The first-order chi connectivity index (χ1) is 6.88. The van der Waals surface area contributed by atoms with Gasteiger partial charge >= 0.3 is 0 Å². The van der Waals surface area contributed by atoms with Crippen molar-refractivity contribution in [2.45, 2.75) is 12.5 Å². The lowest BCUT2D eigenvalue weighted by Crippen LogP contribution is -2.22. The second-order valence-corrected chi connectivity index (χ2v) is 3.38. The Kier molecular flexibility index (Phi) is 2.61. The predicted molar refractivity (Wildman–Crippen MR) is 53.8 cm³/mol. The van der Waals surface area contributed by atoms with Crippen molar-refractivity contribution in [1.29, 1.82) is 5.26 Å². The molecule has 0 spiro atoms. The van der Waals surface area contributed by atoms with Crippen LogP contribution in [0.1, 0.15) is 12.0 Å². The highest BCUT2D eigenvalue weighted by Gasteiger charge is 2.13. The smallest absolute Gasteiger partial charge is 0.127 e. The van der Waals surface area contributed by atoms with Crippen molar-refractivity contribution in [1.82, 2.24) is 10.3 Å². The molecule has 14 heavy (non-hydrogen) atoms. The van der Waals surface area contributed by atoms with Gasteiger partial charge in [0.25, 0.3) is 0 Å². The van der Waals surface area contributed by atoms with E-state index in [0.717, 1.165) is 25.3 Å². The molecule has 1 aromatic rings. The summed E-state index contributed by atoms with van der Waals surface area (Å²) >= 11 is 0. The van der Waals surface area contributed by atoms with Gasteiger partial charge in [-0.15, -0.1) is 0 Å². The van der Waals surface area contributed by atoms with Crippen LogP contribution in [-0.4, -0.2) is 24.1 Å². The van der Waals surface area contributed by atoms with Gasteiger partial charge in [0, 0.05) is 18.8 Å². The molecule has 2 N–H and O–H groups in total. The van der Waals surface area contributed by atoms with Crippen molar-refractivity contribution < 1.29 is 0 Å². The average Bonchev–Trinajstić information content (AvgIpc) is 2.71. The molecule has 72 valence electrons. The van der Waals surface area contributed by atoms with Crippen LogP contribution < -0.4 is 10.6 Å². The van der Waals surface area contributed by atoms with E-state index in [1.165, 1.54) is 0 Å². The average molecular weight is 188 g/mol. The van der Waals surface area contributed by atoms with Crippen molar-refractivity contribution in [2.75, 3.05) is 18.4 Å². The highest BCUT2D eigenvalue weighted by molar-refractivity contribution is 5.43. The number of nitriles is 1. The van der Waals surface area contributed by atoms with E-state index in [1.54, 1.807) is 18.3 Å². The maximum atomic E-state index is 8.70. The van der Waals surface area contributed by atoms with Crippen LogP contribution in [0.3, 0.4) is 0 Å². The summed E-state index contributed by atoms with van der Waals surface area (Å²) in [7, 11) is 0. The molecule has 2 rings (SSSR count). The van der Waals surface area contributed by atoms with Gasteiger partial charge in [-0.1, -0.05) is 0 Å². The number of nitrogens with zero attached hydrogens (tertiary/aromatic N) is 2. The molecule has 4 heteroatoms. The fourth-order valence-corrected chi connectivity index (χ4v) is 1.57. The molecule has 4 nitrogen and oxygen atoms in total. The Labute approximate surface area is 83.0 Å². The standard InChI is InChI=1S/C10H12N4/c11-6-8-1-4-13-10(5-8)14-9-2-3-12-7-9/h1,4-5,9,12H,2-3,7H2,(H,13,14)/t9-/m0/s1. The van der Waals surface area contributed by atoms with E-state index in [9.17, 15) is 0 Å². The van der Waals surface area contributed by atoms with E-state index in [2.05, 4.69) is 21.7 Å². The molecule has 0 aliphatic carbocycles. The Morgan fingerprint density at radius 1 is 1.64 bits per heavy atom. The molecule has 0 amide bonds. The van der Waals surface area contributed by atoms with Gasteiger partial charge in [-0.2, -0.15) is 5.26 Å². The highest BCUT2D eigenvalue weighted by Crippen LogP contribution is 2.09. The normalized spacial score (nSPS) is 20.4. The minimum absolute atomic E-state index is 0.441. The highest BCUT2D eigenvalue weighted by atomic mass is 15.1. The number of hydrogen-bond donors (Lipinski definition) is 2. The number of pyridine rings is 1. The molecule has 0 bridgehead atoms. The number of aromatic nitrogens is 1. The van der Waals surface area contributed by atoms with Crippen LogP contribution in [0.25, 0.3) is 0 Å². The Morgan fingerprint density at radius 3 is 3.29 bits per heavy atom. The predicted octanol–water partition coefficient (Wildman–Crippen LogP) is 0.727. The van der Waals surface area contributed by atoms with Crippen molar-refractivity contribution in [2.24, 2.45) is 0 Å². The molecule has 1 aliphatic rings. The number of anilines is 1. The zero-order valence-electron chi connectivity index (χ0n) is 7.83. The van der Waals surface area contributed by atoms with E-state index in [-0.39, 0.29) is 0 Å². The molecular formula is C10H12N4. The lowest BCUT2D eigenvalue weighted by atomic mass is 10.2. The van der Waals surface area contributed by atoms with E-state index in [0.29, 0.717) is 11.6 Å². The van der Waals surface area contributed by atoms with Crippen LogP contribution in [-0.2, 0) is 0 Å². The maximum Gasteiger partial charge on any atom is 0.127 e. The minimum atomic E-state index is 0.441. The monoisotopic (exact) mass is 188 g/mol. The molecule has 2 heterocycles. The second-order valence-electron chi connectivity index (χ2n) is 3.38. The third-order valence-electron chi connectivity index (χ3n) is 2.30. The number of rotatable bonds is 2. The summed E-state index contributed by atoms with van der Waals surface area (Å²) in [5.41, 5.74) is 0.647. The fraction of sp³-hybridized carbons (Fsp3) is 0.400. The summed E-state index contributed by atoms with van der Waals surface area (Å²) in [6, 6.07) is 6.02. The summed E-state index contributed by atoms with van der Waals surface area (Å²) in [5.74, 6) is 0.790. The molecule has 1 fully saturated rings. The third kappa shape index (κ3) is 2.01. The summed E-state index contributed by atoms with van der Waals surface area (Å²) < 4.78 is 0. The summed E-state index contributed by atoms with van der Waals surface area (Å²) in [6.45, 7) is 2.02. The fourth-order valence-electron chi connectivity index (χ4n) is 1.57. The molecule has 1 aliphatic heterocycles. The molecule has 0 radical (unpaired) electrons. The third-order valence-corrected chi connectivity index (χ3v) is 2.30. The number of nitrogens with one attached hydrogen (secondary N) is 2. The van der Waals surface area contributed by atoms with Crippen LogP contribution in [0, 0.1) is 11.3 Å². The van der Waals surface area contributed by atoms with Gasteiger partial charge in [0.15, 0.2) is 0 Å². The Morgan fingerprint density at radius 2 is 2.57 bits per heavy atom. The van der Waals surface area contributed by atoms with Crippen LogP contribution in [0.2, 0.25) is 0 Å². The second kappa shape index (κ2) is 4.07. The van der Waals surface area contributed by atoms with Gasteiger partial charge in [0.2, 0.25) is 0 Å². The maximum absolute atomic E-state index is 8.70. The lowest BCUT2D eigenvalue weighted by molar-refractivity contribution is 0.788. The molecule has 1 atom stereocenters. The van der Waals surface area contributed by atoms with Crippen LogP contribution in [0.5, 0.6) is 0 Å². The molecule has 0 saturated carbocycles. The number of hydrogen-bond acceptors (Lipinski definition) is 4. The molecular weight excluding hydrogens is 176 g/mol. The van der Waals surface area contributed by atoms with Crippen molar-refractivity contribution in [3.05, 3.63) is 23.9 Å². The van der Waals surface area contributed by atoms with E-state index in [4.69, 9.17) is 5.26 Å². The quantitative estimate of drug-likeness (QED) is 0.718. The van der Waals surface area contributed by atoms with E-state index < -0.39 is 0 Å². The SMILES string of the molecule is N#Cc1ccnc(N[C@H]2CCNC2)c1. The Bertz CT molecular complexity index is 349. The van der Waals surface area contributed by atoms with E-state index in [1.807, 2.05) is 0 Å². The van der Waals surface area contributed by atoms with Crippen LogP contribution >= 0.6 is 0 Å².